The quantitative estimate of drug-likeness (QED) is 0.00728. The number of benzene rings is 5. The van der Waals surface area contributed by atoms with Crippen molar-refractivity contribution in [3.63, 3.8) is 0 Å². The Hall–Kier alpha value is -8.97. The lowest BCUT2D eigenvalue weighted by Gasteiger charge is -2.26. The van der Waals surface area contributed by atoms with Crippen molar-refractivity contribution in [2.24, 2.45) is 28.8 Å². The van der Waals surface area contributed by atoms with Crippen LogP contribution in [0.4, 0.5) is 5.13 Å². The van der Waals surface area contributed by atoms with Gasteiger partial charge in [0.05, 0.1) is 66.5 Å². The molecule has 1 heterocycles. The van der Waals surface area contributed by atoms with E-state index in [2.05, 4.69) is 13.2 Å². The van der Waals surface area contributed by atoms with Gasteiger partial charge in [-0.2, -0.15) is 5.10 Å². The summed E-state index contributed by atoms with van der Waals surface area (Å²) in [4.78, 5) is 95.3. The summed E-state index contributed by atoms with van der Waals surface area (Å²) in [5.74, 6) is -2.29. The monoisotopic (exact) mass is 1200 g/mol. The van der Waals surface area contributed by atoms with E-state index in [4.69, 9.17) is 48.0 Å². The second kappa shape index (κ2) is 33.7. The van der Waals surface area contributed by atoms with E-state index in [1.54, 1.807) is 84.9 Å². The van der Waals surface area contributed by atoms with Gasteiger partial charge >= 0.3 is 35.8 Å². The smallest absolute Gasteiger partial charge is 0.330 e. The Morgan fingerprint density at radius 1 is 0.494 bits per heavy atom. The molecule has 5 aromatic carbocycles. The molecule has 456 valence electrons. The number of ketones is 1. The number of hydrogen-bond donors (Lipinski definition) is 0. The summed E-state index contributed by atoms with van der Waals surface area (Å²) < 4.78 is 46.2. The van der Waals surface area contributed by atoms with Crippen LogP contribution < -0.4 is 33.4 Å². The van der Waals surface area contributed by atoms with Crippen molar-refractivity contribution in [2.45, 2.75) is 103 Å². The Morgan fingerprint density at radius 2 is 0.920 bits per heavy atom. The van der Waals surface area contributed by atoms with Crippen LogP contribution in [0.3, 0.4) is 0 Å². The average Bonchev–Trinajstić information content (AvgIpc) is 3.35. The van der Waals surface area contributed by atoms with Crippen LogP contribution in [0.25, 0.3) is 10.2 Å². The minimum Gasteiger partial charge on any atom is -0.494 e. The Morgan fingerprint density at radius 3 is 1.40 bits per heavy atom. The first kappa shape index (κ1) is 64.0. The van der Waals surface area contributed by atoms with E-state index in [-0.39, 0.29) is 41.3 Å². The van der Waals surface area contributed by atoms with Crippen LogP contribution in [0.1, 0.15) is 119 Å². The number of rotatable bonds is 32. The Labute approximate surface area is 510 Å². The van der Waals surface area contributed by atoms with Gasteiger partial charge in [-0.1, -0.05) is 67.0 Å². The number of thiazole rings is 1. The molecular formula is C68H73N3O15S. The SMILES string of the molecule is C=CC(=O)OCCCCCCOc1ccc(OC(=O)[C@H]2CC[C@H](C(=O)Oc3ccc(OC(=O)[C@H]4CC[C@H](C(=O)Oc5ccc(OCCCCCCOC(=O)C=C)cc5)CC4)c(/C=N/N(CC(=O)c4ccccc4)c4nc5ccccc5s4)c3)CC2)cc1. The molecule has 0 bridgehead atoms. The molecule has 2 saturated carbocycles. The summed E-state index contributed by atoms with van der Waals surface area (Å²) in [5, 5.41) is 6.71. The first-order chi connectivity index (χ1) is 42.4. The minimum absolute atomic E-state index is 0.134. The fraction of sp³-hybridized carbons (Fsp3) is 0.368. The van der Waals surface area contributed by atoms with Gasteiger partial charge in [0.25, 0.3) is 0 Å². The number of anilines is 1. The van der Waals surface area contributed by atoms with Crippen LogP contribution in [-0.4, -0.2) is 85.8 Å². The number of fused-ring (bicyclic) bond motifs is 1. The summed E-state index contributed by atoms with van der Waals surface area (Å²) in [6.07, 6.45) is 13.8. The highest BCUT2D eigenvalue weighted by Crippen LogP contribution is 2.36. The van der Waals surface area contributed by atoms with Gasteiger partial charge in [0.2, 0.25) is 5.13 Å². The van der Waals surface area contributed by atoms with Crippen LogP contribution in [0.15, 0.2) is 152 Å². The zero-order valence-electron chi connectivity index (χ0n) is 48.7. The number of hydrazone groups is 1. The van der Waals surface area contributed by atoms with Gasteiger partial charge in [0.1, 0.15) is 41.0 Å². The highest BCUT2D eigenvalue weighted by molar-refractivity contribution is 7.22. The summed E-state index contributed by atoms with van der Waals surface area (Å²) in [6.45, 7) is 8.36. The molecule has 0 atom stereocenters. The number of unbranched alkanes of at least 4 members (excludes halogenated alkanes) is 6. The second-order valence-electron chi connectivity index (χ2n) is 21.2. The summed E-state index contributed by atoms with van der Waals surface area (Å²) in [6, 6.07) is 34.8. The average molecular weight is 1200 g/mol. The maximum atomic E-state index is 14.0. The van der Waals surface area contributed by atoms with Crippen molar-refractivity contribution >= 4 is 74.5 Å². The molecule has 2 aliphatic rings. The van der Waals surface area contributed by atoms with Crippen LogP contribution in [-0.2, 0) is 38.2 Å². The predicted octanol–water partition coefficient (Wildman–Crippen LogP) is 13.0. The lowest BCUT2D eigenvalue weighted by molar-refractivity contribution is -0.145. The third-order valence-corrected chi connectivity index (χ3v) is 16.0. The summed E-state index contributed by atoms with van der Waals surface area (Å²) >= 11 is 1.36. The molecule has 6 aromatic rings. The molecule has 0 N–H and O–H groups in total. The number of aromatic nitrogens is 1. The zero-order chi connectivity index (χ0) is 61.2. The minimum atomic E-state index is -0.528. The number of nitrogens with zero attached hydrogens (tertiary/aromatic N) is 3. The molecule has 0 spiro atoms. The molecule has 2 aliphatic carbocycles. The molecule has 0 unspecified atom stereocenters. The van der Waals surface area contributed by atoms with E-state index >= 15 is 0 Å². The topological polar surface area (TPSA) is 222 Å². The van der Waals surface area contributed by atoms with E-state index in [1.807, 2.05) is 30.3 Å². The van der Waals surface area contributed by atoms with Gasteiger partial charge < -0.3 is 37.9 Å². The van der Waals surface area contributed by atoms with E-state index in [0.717, 1.165) is 73.7 Å². The van der Waals surface area contributed by atoms with Crippen molar-refractivity contribution in [3.8, 4) is 34.5 Å². The van der Waals surface area contributed by atoms with Crippen LogP contribution in [0, 0.1) is 23.7 Å². The van der Waals surface area contributed by atoms with Gasteiger partial charge in [-0.05, 0) is 182 Å². The molecule has 1 aromatic heterocycles. The third-order valence-electron chi connectivity index (χ3n) is 14.9. The number of carbonyl (C=O) groups excluding carboxylic acids is 7. The molecule has 0 radical (unpaired) electrons. The fourth-order valence-electron chi connectivity index (χ4n) is 9.98. The molecule has 87 heavy (non-hydrogen) atoms. The second-order valence-corrected chi connectivity index (χ2v) is 22.3. The molecule has 0 saturated heterocycles. The van der Waals surface area contributed by atoms with Gasteiger partial charge in [-0.25, -0.2) is 19.6 Å². The molecule has 0 amide bonds. The number of ether oxygens (including phenoxy) is 8. The number of para-hydroxylation sites is 1. The Kier molecular flexibility index (Phi) is 24.8. The van der Waals surface area contributed by atoms with E-state index in [9.17, 15) is 33.6 Å². The molecule has 0 aliphatic heterocycles. The van der Waals surface area contributed by atoms with E-state index in [1.165, 1.54) is 28.6 Å². The molecular weight excluding hydrogens is 1130 g/mol. The van der Waals surface area contributed by atoms with Crippen LogP contribution in [0.2, 0.25) is 0 Å². The van der Waals surface area contributed by atoms with Gasteiger partial charge in [-0.3, -0.25) is 24.0 Å². The zero-order valence-corrected chi connectivity index (χ0v) is 49.5. The summed E-state index contributed by atoms with van der Waals surface area (Å²) in [7, 11) is 0. The summed E-state index contributed by atoms with van der Waals surface area (Å²) in [5.41, 5.74) is 1.49. The largest absolute Gasteiger partial charge is 0.494 e. The first-order valence-electron chi connectivity index (χ1n) is 29.7. The lowest BCUT2D eigenvalue weighted by Crippen LogP contribution is -2.30. The molecule has 2 fully saturated rings. The maximum Gasteiger partial charge on any atom is 0.330 e. The van der Waals surface area contributed by atoms with Gasteiger partial charge in [0, 0.05) is 23.3 Å². The van der Waals surface area contributed by atoms with E-state index < -0.39 is 47.5 Å². The number of hydrogen-bond acceptors (Lipinski definition) is 19. The highest BCUT2D eigenvalue weighted by atomic mass is 32.1. The van der Waals surface area contributed by atoms with Crippen molar-refractivity contribution < 1.29 is 71.5 Å². The van der Waals surface area contributed by atoms with E-state index in [0.29, 0.717) is 111 Å². The van der Waals surface area contributed by atoms with Crippen molar-refractivity contribution in [2.75, 3.05) is 38.0 Å². The molecule has 19 heteroatoms. The number of esters is 6. The third kappa shape index (κ3) is 20.3. The fourth-order valence-corrected chi connectivity index (χ4v) is 10.9. The van der Waals surface area contributed by atoms with Crippen LogP contribution in [0.5, 0.6) is 34.5 Å². The van der Waals surface area contributed by atoms with Gasteiger partial charge in [0.15, 0.2) is 5.78 Å². The van der Waals surface area contributed by atoms with Crippen LogP contribution >= 0.6 is 11.3 Å². The normalized spacial score (nSPS) is 16.4. The molecule has 8 rings (SSSR count). The van der Waals surface area contributed by atoms with Crippen molar-refractivity contribution in [1.29, 1.82) is 0 Å². The lowest BCUT2D eigenvalue weighted by atomic mass is 9.82. The Bertz CT molecular complexity index is 3280. The standard InChI is InChI=1S/C68H73N3O15S/c1-3-62(73)81-42-16-7-5-14-40-79-53-30-34-55(35-31-53)83-64(75)48-22-24-50(25-23-48)66(77)85-57-38-39-60(52(44-57)45-69-71(46-59(72)47-18-10-9-11-19-47)68-70-58-20-12-13-21-61(58)87-68)86-67(78)51-28-26-49(27-29-51)65(76)84-56-36-32-54(33-37-56)80-41-15-6-8-17-43-82-63(74)4-2/h3-4,9-13,18-21,30-39,44-45,48-51H,1-2,5-8,14-17,22-29,40-43,46H2/b69-45+/t48-,49-,50-,51-. The number of carbonyl (C=O) groups is 7. The van der Waals surface area contributed by atoms with Crippen molar-refractivity contribution in [3.05, 3.63) is 158 Å². The highest BCUT2D eigenvalue weighted by Gasteiger charge is 2.34. The Balaban J connectivity index is 0.857. The van der Waals surface area contributed by atoms with Crippen molar-refractivity contribution in [1.82, 2.24) is 4.98 Å². The number of Topliss-reactive ketones (excluding diaryl/α,β-unsaturated/α-hetero) is 1. The first-order valence-corrected chi connectivity index (χ1v) is 30.5. The predicted molar refractivity (Wildman–Crippen MR) is 328 cm³/mol. The molecule has 18 nitrogen and oxygen atoms in total. The van der Waals surface area contributed by atoms with Gasteiger partial charge in [-0.15, -0.1) is 0 Å². The maximum absolute atomic E-state index is 14.0.